The fraction of sp³-hybridized carbons (Fsp3) is 0.611. The topological polar surface area (TPSA) is 70.0 Å². The molecule has 0 unspecified atom stereocenters. The normalized spacial score (nSPS) is 34.7. The van der Waals surface area contributed by atoms with Gasteiger partial charge in [-0.15, -0.1) is 0 Å². The lowest BCUT2D eigenvalue weighted by Crippen LogP contribution is -2.37. The molecule has 3 aliphatic rings. The molecule has 5 heteroatoms. The van der Waals surface area contributed by atoms with Crippen LogP contribution >= 0.6 is 0 Å². The molecule has 0 amide bonds. The molecule has 1 aromatic carbocycles. The first-order chi connectivity index (χ1) is 11.2. The second kappa shape index (κ2) is 6.99. The number of rotatable bonds is 4. The Balaban J connectivity index is 0.000000485. The largest absolute Gasteiger partial charge is 0.483 e. The number of likely N-dealkylation sites (tertiary alicyclic amines) is 1. The van der Waals surface area contributed by atoms with E-state index in [-0.39, 0.29) is 12.1 Å². The van der Waals surface area contributed by atoms with Crippen molar-refractivity contribution in [2.24, 2.45) is 11.8 Å². The van der Waals surface area contributed by atoms with Gasteiger partial charge in [-0.25, -0.2) is 0 Å². The average molecular weight is 319 g/mol. The maximum Gasteiger partial charge on any atom is 0.290 e. The van der Waals surface area contributed by atoms with Crippen molar-refractivity contribution in [3.05, 3.63) is 35.9 Å². The van der Waals surface area contributed by atoms with Gasteiger partial charge in [-0.05, 0) is 24.8 Å². The standard InChI is InChI=1S/C17H23NO2.CH2O2/c19-11-14-15-10-18(9-7-13-4-2-1-3-5-13)12-17(15)8-6-16(14)20-17;2-1-3/h1-5,14-16,19H,6-12H2;1H,(H,2,3)/t14-,15+,16+,17+;/m0./s1. The number of ether oxygens (including phenoxy) is 1. The van der Waals surface area contributed by atoms with Gasteiger partial charge in [0.2, 0.25) is 0 Å². The lowest BCUT2D eigenvalue weighted by molar-refractivity contribution is -0.122. The van der Waals surface area contributed by atoms with Crippen LogP contribution in [0.2, 0.25) is 0 Å². The number of hydrogen-bond acceptors (Lipinski definition) is 4. The SMILES string of the molecule is O=CO.OC[C@H]1[C@H]2CN(CCc3ccccc3)C[C@]23CC[C@H]1O3. The predicted octanol–water partition coefficient (Wildman–Crippen LogP) is 1.40. The van der Waals surface area contributed by atoms with Gasteiger partial charge in [-0.1, -0.05) is 30.3 Å². The average Bonchev–Trinajstić information content (AvgIpc) is 3.21. The molecule has 0 saturated carbocycles. The van der Waals surface area contributed by atoms with Crippen molar-refractivity contribution < 1.29 is 19.7 Å². The van der Waals surface area contributed by atoms with Gasteiger partial charge in [0.1, 0.15) is 0 Å². The number of carboxylic acid groups (broad SMARTS) is 1. The molecule has 0 radical (unpaired) electrons. The van der Waals surface area contributed by atoms with Gasteiger partial charge in [0.15, 0.2) is 0 Å². The van der Waals surface area contributed by atoms with Gasteiger partial charge in [0.25, 0.3) is 6.47 Å². The summed E-state index contributed by atoms with van der Waals surface area (Å²) >= 11 is 0. The van der Waals surface area contributed by atoms with E-state index in [4.69, 9.17) is 14.6 Å². The minimum Gasteiger partial charge on any atom is -0.483 e. The molecule has 5 nitrogen and oxygen atoms in total. The third kappa shape index (κ3) is 3.13. The summed E-state index contributed by atoms with van der Waals surface area (Å²) in [5.74, 6) is 0.937. The summed E-state index contributed by atoms with van der Waals surface area (Å²) in [6.45, 7) is 3.32. The van der Waals surface area contributed by atoms with Crippen molar-refractivity contribution in [2.45, 2.75) is 31.0 Å². The Bertz CT molecular complexity index is 523. The van der Waals surface area contributed by atoms with E-state index >= 15 is 0 Å². The lowest BCUT2D eigenvalue weighted by atomic mass is 9.74. The van der Waals surface area contributed by atoms with E-state index in [1.165, 1.54) is 12.0 Å². The van der Waals surface area contributed by atoms with Gasteiger partial charge in [0.05, 0.1) is 11.7 Å². The summed E-state index contributed by atoms with van der Waals surface area (Å²) in [6.07, 6.45) is 3.78. The number of carbonyl (C=O) groups is 1. The Morgan fingerprint density at radius 1 is 1.35 bits per heavy atom. The van der Waals surface area contributed by atoms with E-state index in [2.05, 4.69) is 35.2 Å². The number of aliphatic hydroxyl groups excluding tert-OH is 1. The van der Waals surface area contributed by atoms with Crippen molar-refractivity contribution >= 4 is 6.47 Å². The molecule has 2 N–H and O–H groups in total. The van der Waals surface area contributed by atoms with Crippen LogP contribution in [0, 0.1) is 11.8 Å². The van der Waals surface area contributed by atoms with Gasteiger partial charge in [-0.2, -0.15) is 0 Å². The van der Waals surface area contributed by atoms with Crippen molar-refractivity contribution in [1.82, 2.24) is 4.90 Å². The fourth-order valence-corrected chi connectivity index (χ4v) is 4.63. The molecule has 23 heavy (non-hydrogen) atoms. The zero-order valence-corrected chi connectivity index (χ0v) is 13.3. The highest BCUT2D eigenvalue weighted by molar-refractivity contribution is 5.32. The summed E-state index contributed by atoms with van der Waals surface area (Å²) in [6, 6.07) is 10.7. The molecule has 3 heterocycles. The smallest absolute Gasteiger partial charge is 0.290 e. The quantitative estimate of drug-likeness (QED) is 0.821. The van der Waals surface area contributed by atoms with Crippen molar-refractivity contribution in [3.8, 4) is 0 Å². The number of fused-ring (bicyclic) bond motifs is 1. The van der Waals surface area contributed by atoms with Crippen LogP contribution in [0.4, 0.5) is 0 Å². The van der Waals surface area contributed by atoms with Crippen LogP contribution in [0.3, 0.4) is 0 Å². The van der Waals surface area contributed by atoms with Crippen LogP contribution in [0.25, 0.3) is 0 Å². The zero-order chi connectivity index (χ0) is 16.3. The molecule has 2 bridgehead atoms. The third-order valence-electron chi connectivity index (χ3n) is 5.62. The van der Waals surface area contributed by atoms with E-state index in [0.29, 0.717) is 24.5 Å². The van der Waals surface area contributed by atoms with E-state index in [0.717, 1.165) is 32.5 Å². The highest BCUT2D eigenvalue weighted by Crippen LogP contribution is 2.54. The molecule has 1 aromatic rings. The van der Waals surface area contributed by atoms with Crippen LogP contribution in [0.5, 0.6) is 0 Å². The van der Waals surface area contributed by atoms with Crippen molar-refractivity contribution in [3.63, 3.8) is 0 Å². The number of benzene rings is 1. The molecular weight excluding hydrogens is 294 g/mol. The molecule has 0 aromatic heterocycles. The Kier molecular flexibility index (Phi) is 4.99. The molecule has 3 fully saturated rings. The molecule has 3 saturated heterocycles. The Morgan fingerprint density at radius 2 is 2.09 bits per heavy atom. The van der Waals surface area contributed by atoms with E-state index < -0.39 is 0 Å². The van der Waals surface area contributed by atoms with Crippen molar-refractivity contribution in [2.75, 3.05) is 26.2 Å². The number of nitrogens with zero attached hydrogens (tertiary/aromatic N) is 1. The van der Waals surface area contributed by atoms with Crippen LogP contribution in [-0.4, -0.2) is 59.5 Å². The molecule has 1 spiro atoms. The Morgan fingerprint density at radius 3 is 2.78 bits per heavy atom. The second-order valence-electron chi connectivity index (χ2n) is 6.79. The van der Waals surface area contributed by atoms with Crippen molar-refractivity contribution in [1.29, 1.82) is 0 Å². The van der Waals surface area contributed by atoms with Gasteiger partial charge in [-0.3, -0.25) is 9.69 Å². The lowest BCUT2D eigenvalue weighted by Gasteiger charge is -2.28. The van der Waals surface area contributed by atoms with Crippen LogP contribution < -0.4 is 0 Å². The molecule has 4 atom stereocenters. The van der Waals surface area contributed by atoms with E-state index in [1.54, 1.807) is 0 Å². The molecular formula is C18H25NO4. The highest BCUT2D eigenvalue weighted by atomic mass is 16.5. The first-order valence-electron chi connectivity index (χ1n) is 8.35. The van der Waals surface area contributed by atoms with Crippen LogP contribution in [-0.2, 0) is 16.0 Å². The number of hydrogen-bond donors (Lipinski definition) is 2. The Hall–Kier alpha value is -1.43. The summed E-state index contributed by atoms with van der Waals surface area (Å²) in [7, 11) is 0. The van der Waals surface area contributed by atoms with Gasteiger partial charge < -0.3 is 14.9 Å². The minimum absolute atomic E-state index is 0.0781. The molecule has 126 valence electrons. The fourth-order valence-electron chi connectivity index (χ4n) is 4.63. The minimum atomic E-state index is -0.250. The molecule has 4 rings (SSSR count). The third-order valence-corrected chi connectivity index (χ3v) is 5.62. The maximum absolute atomic E-state index is 9.63. The van der Waals surface area contributed by atoms with E-state index in [1.807, 2.05) is 0 Å². The maximum atomic E-state index is 9.63. The van der Waals surface area contributed by atoms with Crippen LogP contribution in [0.1, 0.15) is 18.4 Å². The Labute approximate surface area is 136 Å². The van der Waals surface area contributed by atoms with Crippen LogP contribution in [0.15, 0.2) is 30.3 Å². The number of aliphatic hydroxyl groups is 1. The first-order valence-corrected chi connectivity index (χ1v) is 8.35. The zero-order valence-electron chi connectivity index (χ0n) is 13.3. The molecule has 0 aliphatic carbocycles. The summed E-state index contributed by atoms with van der Waals surface area (Å²) in [5.41, 5.74) is 1.49. The van der Waals surface area contributed by atoms with Gasteiger partial charge >= 0.3 is 0 Å². The summed E-state index contributed by atoms with van der Waals surface area (Å²) in [5, 5.41) is 16.5. The second-order valence-corrected chi connectivity index (χ2v) is 6.79. The summed E-state index contributed by atoms with van der Waals surface area (Å²) < 4.78 is 6.27. The van der Waals surface area contributed by atoms with Gasteiger partial charge in [0, 0.05) is 38.1 Å². The first kappa shape index (κ1) is 16.4. The highest BCUT2D eigenvalue weighted by Gasteiger charge is 2.62. The summed E-state index contributed by atoms with van der Waals surface area (Å²) in [4.78, 5) is 10.9. The van der Waals surface area contributed by atoms with E-state index in [9.17, 15) is 5.11 Å². The molecule has 3 aliphatic heterocycles. The monoisotopic (exact) mass is 319 g/mol. The predicted molar refractivity (Wildman–Crippen MR) is 86.2 cm³/mol.